The van der Waals surface area contributed by atoms with Crippen LogP contribution in [0.15, 0.2) is 18.2 Å². The topological polar surface area (TPSA) is 73.9 Å². The lowest BCUT2D eigenvalue weighted by atomic mass is 9.93. The van der Waals surface area contributed by atoms with Gasteiger partial charge in [-0.15, -0.1) is 0 Å². The minimum atomic E-state index is -0.812. The van der Waals surface area contributed by atoms with Gasteiger partial charge >= 0.3 is 5.97 Å². The summed E-state index contributed by atoms with van der Waals surface area (Å²) in [4.78, 5) is 25.1. The zero-order chi connectivity index (χ0) is 19.9. The Hall–Kier alpha value is -2.08. The molecule has 1 unspecified atom stereocenters. The van der Waals surface area contributed by atoms with E-state index >= 15 is 0 Å². The van der Waals surface area contributed by atoms with Gasteiger partial charge in [0.25, 0.3) is 5.91 Å². The van der Waals surface area contributed by atoms with Gasteiger partial charge in [-0.05, 0) is 44.4 Å². The van der Waals surface area contributed by atoms with Gasteiger partial charge in [0.2, 0.25) is 0 Å². The van der Waals surface area contributed by atoms with Crippen molar-refractivity contribution in [1.29, 1.82) is 0 Å². The second-order valence-corrected chi connectivity index (χ2v) is 7.11. The Labute approximate surface area is 161 Å². The highest BCUT2D eigenvalue weighted by Gasteiger charge is 2.38. The van der Waals surface area contributed by atoms with Crippen molar-refractivity contribution in [1.82, 2.24) is 0 Å². The molecule has 0 saturated heterocycles. The van der Waals surface area contributed by atoms with Gasteiger partial charge < -0.3 is 19.5 Å². The zero-order valence-electron chi connectivity index (χ0n) is 16.8. The number of rotatable bonds is 7. The van der Waals surface area contributed by atoms with Gasteiger partial charge in [0.15, 0.2) is 0 Å². The van der Waals surface area contributed by atoms with E-state index in [1.165, 1.54) is 7.11 Å². The molecule has 150 valence electrons. The minimum Gasteiger partial charge on any atom is -0.490 e. The Morgan fingerprint density at radius 3 is 2.37 bits per heavy atom. The number of amides is 1. The number of esters is 1. The molecular weight excluding hydrogens is 346 g/mol. The van der Waals surface area contributed by atoms with E-state index in [4.69, 9.17) is 14.2 Å². The van der Waals surface area contributed by atoms with Crippen LogP contribution in [-0.4, -0.2) is 37.8 Å². The van der Waals surface area contributed by atoms with Gasteiger partial charge in [0.1, 0.15) is 16.9 Å². The number of carbonyl (C=O) groups excluding carboxylic acids is 2. The van der Waals surface area contributed by atoms with Crippen LogP contribution in [0.1, 0.15) is 69.2 Å². The van der Waals surface area contributed by atoms with E-state index in [0.717, 1.165) is 32.1 Å². The summed E-state index contributed by atoms with van der Waals surface area (Å²) >= 11 is 0. The highest BCUT2D eigenvalue weighted by molar-refractivity contribution is 5.99. The van der Waals surface area contributed by atoms with Gasteiger partial charge in [-0.1, -0.05) is 32.6 Å². The molecule has 0 heterocycles. The Balaban J connectivity index is 2.24. The molecule has 1 atom stereocenters. The van der Waals surface area contributed by atoms with Crippen LogP contribution in [0.2, 0.25) is 0 Å². The smallest absolute Gasteiger partial charge is 0.341 e. The Morgan fingerprint density at radius 1 is 1.15 bits per heavy atom. The van der Waals surface area contributed by atoms with E-state index in [1.54, 1.807) is 25.3 Å². The van der Waals surface area contributed by atoms with Crippen LogP contribution in [0.25, 0.3) is 0 Å². The number of hydrogen-bond acceptors (Lipinski definition) is 5. The molecule has 6 heteroatoms. The van der Waals surface area contributed by atoms with Crippen molar-refractivity contribution < 1.29 is 23.8 Å². The number of ether oxygens (including phenoxy) is 3. The van der Waals surface area contributed by atoms with E-state index in [2.05, 4.69) is 5.32 Å². The quantitative estimate of drug-likeness (QED) is 0.565. The van der Waals surface area contributed by atoms with Crippen molar-refractivity contribution in [2.45, 2.75) is 70.5 Å². The molecular formula is C21H31NO5. The van der Waals surface area contributed by atoms with Crippen molar-refractivity contribution in [2.75, 3.05) is 19.5 Å². The number of anilines is 1. The molecule has 1 aromatic rings. The fourth-order valence-electron chi connectivity index (χ4n) is 3.35. The van der Waals surface area contributed by atoms with Crippen molar-refractivity contribution in [3.8, 4) is 5.75 Å². The number of carbonyl (C=O) groups is 2. The lowest BCUT2D eigenvalue weighted by Crippen LogP contribution is -2.44. The first-order chi connectivity index (χ1) is 13.0. The van der Waals surface area contributed by atoms with Crippen LogP contribution in [0.5, 0.6) is 5.75 Å². The SMILES string of the molecule is CCC(C)Oc1ccc(NC(=O)C2(OC)CCCCCC2)cc1C(=O)OC. The van der Waals surface area contributed by atoms with E-state index in [9.17, 15) is 9.59 Å². The lowest BCUT2D eigenvalue weighted by molar-refractivity contribution is -0.139. The second-order valence-electron chi connectivity index (χ2n) is 7.11. The highest BCUT2D eigenvalue weighted by atomic mass is 16.5. The molecule has 0 spiro atoms. The monoisotopic (exact) mass is 377 g/mol. The normalized spacial score (nSPS) is 17.5. The van der Waals surface area contributed by atoms with Crippen LogP contribution in [0.4, 0.5) is 5.69 Å². The fourth-order valence-corrected chi connectivity index (χ4v) is 3.35. The van der Waals surface area contributed by atoms with Crippen molar-refractivity contribution >= 4 is 17.6 Å². The number of nitrogens with one attached hydrogen (secondary N) is 1. The van der Waals surface area contributed by atoms with Gasteiger partial charge in [0, 0.05) is 12.8 Å². The molecule has 0 bridgehead atoms. The molecule has 1 aromatic carbocycles. The molecule has 1 fully saturated rings. The molecule has 1 aliphatic rings. The second kappa shape index (κ2) is 9.74. The summed E-state index contributed by atoms with van der Waals surface area (Å²) < 4.78 is 16.3. The molecule has 0 radical (unpaired) electrons. The highest BCUT2D eigenvalue weighted by Crippen LogP contribution is 2.32. The Bertz CT molecular complexity index is 650. The molecule has 2 rings (SSSR count). The molecule has 1 N–H and O–H groups in total. The van der Waals surface area contributed by atoms with Crippen molar-refractivity contribution in [2.24, 2.45) is 0 Å². The van der Waals surface area contributed by atoms with E-state index in [0.29, 0.717) is 29.8 Å². The van der Waals surface area contributed by atoms with E-state index in [1.807, 2.05) is 13.8 Å². The summed E-state index contributed by atoms with van der Waals surface area (Å²) in [5.41, 5.74) is 0.00823. The molecule has 0 aliphatic heterocycles. The Morgan fingerprint density at radius 2 is 1.81 bits per heavy atom. The Kier molecular flexibility index (Phi) is 7.66. The predicted octanol–water partition coefficient (Wildman–Crippen LogP) is 4.33. The third-order valence-corrected chi connectivity index (χ3v) is 5.26. The van der Waals surface area contributed by atoms with Crippen LogP contribution >= 0.6 is 0 Å². The summed E-state index contributed by atoms with van der Waals surface area (Å²) in [7, 11) is 2.92. The number of benzene rings is 1. The first-order valence-electron chi connectivity index (χ1n) is 9.71. The van der Waals surface area contributed by atoms with Crippen molar-refractivity contribution in [3.63, 3.8) is 0 Å². The first-order valence-corrected chi connectivity index (χ1v) is 9.71. The molecule has 6 nitrogen and oxygen atoms in total. The van der Waals surface area contributed by atoms with Gasteiger partial charge in [-0.25, -0.2) is 4.79 Å². The summed E-state index contributed by atoms with van der Waals surface area (Å²) in [6, 6.07) is 5.03. The largest absolute Gasteiger partial charge is 0.490 e. The maximum absolute atomic E-state index is 12.9. The third kappa shape index (κ3) is 5.22. The average molecular weight is 377 g/mol. The van der Waals surface area contributed by atoms with Gasteiger partial charge in [-0.2, -0.15) is 0 Å². The van der Waals surface area contributed by atoms with Gasteiger partial charge in [-0.3, -0.25) is 4.79 Å². The molecule has 1 aliphatic carbocycles. The van der Waals surface area contributed by atoms with Crippen LogP contribution < -0.4 is 10.1 Å². The average Bonchev–Trinajstić information content (AvgIpc) is 2.94. The van der Waals surface area contributed by atoms with Crippen LogP contribution in [0, 0.1) is 0 Å². The minimum absolute atomic E-state index is 0.0309. The summed E-state index contributed by atoms with van der Waals surface area (Å²) in [6.07, 6.45) is 6.36. The lowest BCUT2D eigenvalue weighted by Gasteiger charge is -2.30. The number of methoxy groups -OCH3 is 2. The first kappa shape index (κ1) is 21.2. The maximum atomic E-state index is 12.9. The van der Waals surface area contributed by atoms with Crippen LogP contribution in [0.3, 0.4) is 0 Å². The molecule has 27 heavy (non-hydrogen) atoms. The maximum Gasteiger partial charge on any atom is 0.341 e. The van der Waals surface area contributed by atoms with Gasteiger partial charge in [0.05, 0.1) is 13.2 Å². The van der Waals surface area contributed by atoms with E-state index < -0.39 is 11.6 Å². The molecule has 1 saturated carbocycles. The van der Waals surface area contributed by atoms with E-state index in [-0.39, 0.29) is 12.0 Å². The summed E-state index contributed by atoms with van der Waals surface area (Å²) in [6.45, 7) is 3.94. The fraction of sp³-hybridized carbons (Fsp3) is 0.619. The summed E-state index contributed by atoms with van der Waals surface area (Å²) in [5, 5.41) is 2.92. The third-order valence-electron chi connectivity index (χ3n) is 5.26. The van der Waals surface area contributed by atoms with Crippen LogP contribution in [-0.2, 0) is 14.3 Å². The standard InChI is InChI=1S/C21H31NO5/c1-5-15(2)27-18-11-10-16(14-17(18)19(23)25-3)22-20(24)21(26-4)12-8-6-7-9-13-21/h10-11,14-15H,5-9,12-13H2,1-4H3,(H,22,24). The van der Waals surface area contributed by atoms with Crippen molar-refractivity contribution in [3.05, 3.63) is 23.8 Å². The summed E-state index contributed by atoms with van der Waals surface area (Å²) in [5.74, 6) is -0.219. The zero-order valence-corrected chi connectivity index (χ0v) is 16.8. The predicted molar refractivity (Wildman–Crippen MR) is 104 cm³/mol. The number of hydrogen-bond donors (Lipinski definition) is 1. The molecule has 0 aromatic heterocycles. The molecule has 1 amide bonds.